The number of hydrogen-bond acceptors (Lipinski definition) is 5. The van der Waals surface area contributed by atoms with Crippen molar-refractivity contribution in [3.8, 4) is 0 Å². The molecule has 5 nitrogen and oxygen atoms in total. The fourth-order valence-corrected chi connectivity index (χ4v) is 1.86. The van der Waals surface area contributed by atoms with Gasteiger partial charge in [-0.15, -0.1) is 0 Å². The van der Waals surface area contributed by atoms with Gasteiger partial charge in [0.1, 0.15) is 11.6 Å². The number of aromatic nitrogens is 2. The molecule has 0 saturated carbocycles. The van der Waals surface area contributed by atoms with Crippen LogP contribution in [0.2, 0.25) is 0 Å². The molecule has 2 rings (SSSR count). The van der Waals surface area contributed by atoms with E-state index >= 15 is 0 Å². The first-order chi connectivity index (χ1) is 9.19. The number of nitrogen functional groups attached to an aromatic ring is 1. The molecule has 0 fully saturated rings. The lowest BCUT2D eigenvalue weighted by atomic mass is 10.1. The van der Waals surface area contributed by atoms with E-state index < -0.39 is 0 Å². The number of nitrogens with two attached hydrogens (primary N) is 1. The Morgan fingerprint density at radius 3 is 2.53 bits per heavy atom. The molecule has 1 aromatic heterocycles. The maximum absolute atomic E-state index is 5.70. The lowest BCUT2D eigenvalue weighted by Gasteiger charge is -2.15. The van der Waals surface area contributed by atoms with Crippen molar-refractivity contribution in [2.75, 3.05) is 22.9 Å². The minimum Gasteiger partial charge on any atom is -0.370 e. The van der Waals surface area contributed by atoms with Crippen LogP contribution in [0.15, 0.2) is 36.4 Å². The molecular weight excluding hydrogens is 238 g/mol. The Balaban J connectivity index is 2.14. The molecule has 0 amide bonds. The van der Waals surface area contributed by atoms with Crippen molar-refractivity contribution in [1.82, 2.24) is 9.97 Å². The van der Waals surface area contributed by atoms with Crippen molar-refractivity contribution >= 4 is 17.6 Å². The number of anilines is 3. The van der Waals surface area contributed by atoms with Gasteiger partial charge in [0.25, 0.3) is 0 Å². The predicted octanol–water partition coefficient (Wildman–Crippen LogP) is 2.66. The van der Waals surface area contributed by atoms with Crippen molar-refractivity contribution in [2.45, 2.75) is 19.9 Å². The maximum Gasteiger partial charge on any atom is 0.223 e. The van der Waals surface area contributed by atoms with Gasteiger partial charge < -0.3 is 16.4 Å². The molecule has 0 spiro atoms. The van der Waals surface area contributed by atoms with E-state index in [0.717, 1.165) is 18.2 Å². The van der Waals surface area contributed by atoms with E-state index in [2.05, 4.69) is 39.7 Å². The van der Waals surface area contributed by atoms with Gasteiger partial charge in [-0.2, -0.15) is 9.97 Å². The summed E-state index contributed by atoms with van der Waals surface area (Å²) >= 11 is 0. The molecule has 5 heteroatoms. The van der Waals surface area contributed by atoms with Gasteiger partial charge in [0.2, 0.25) is 5.95 Å². The lowest BCUT2D eigenvalue weighted by molar-refractivity contribution is 0.873. The smallest absolute Gasteiger partial charge is 0.223 e. The molecule has 0 aliphatic rings. The van der Waals surface area contributed by atoms with E-state index in [1.54, 1.807) is 0 Å². The topological polar surface area (TPSA) is 75.9 Å². The second-order valence-electron chi connectivity index (χ2n) is 4.30. The first kappa shape index (κ1) is 13.1. The second-order valence-corrected chi connectivity index (χ2v) is 4.30. The van der Waals surface area contributed by atoms with Crippen LogP contribution in [-0.4, -0.2) is 16.5 Å². The summed E-state index contributed by atoms with van der Waals surface area (Å²) in [5.41, 5.74) is 6.90. The molecule has 0 aliphatic carbocycles. The molecule has 0 bridgehead atoms. The first-order valence-electron chi connectivity index (χ1n) is 6.39. The Hall–Kier alpha value is -2.30. The zero-order valence-electron chi connectivity index (χ0n) is 11.2. The second kappa shape index (κ2) is 6.04. The molecule has 1 aromatic carbocycles. The van der Waals surface area contributed by atoms with Crippen LogP contribution in [0, 0.1) is 0 Å². The highest BCUT2D eigenvalue weighted by molar-refractivity contribution is 5.51. The summed E-state index contributed by atoms with van der Waals surface area (Å²) in [6, 6.07) is 12.2. The van der Waals surface area contributed by atoms with Crippen LogP contribution in [0.3, 0.4) is 0 Å². The zero-order chi connectivity index (χ0) is 13.7. The maximum atomic E-state index is 5.70. The highest BCUT2D eigenvalue weighted by atomic mass is 15.1. The van der Waals surface area contributed by atoms with Crippen LogP contribution < -0.4 is 16.4 Å². The summed E-state index contributed by atoms with van der Waals surface area (Å²) in [4.78, 5) is 8.32. The summed E-state index contributed by atoms with van der Waals surface area (Å²) in [7, 11) is 0. The first-order valence-corrected chi connectivity index (χ1v) is 6.39. The van der Waals surface area contributed by atoms with Crippen LogP contribution in [-0.2, 0) is 0 Å². The Labute approximate surface area is 113 Å². The number of rotatable bonds is 5. The average molecular weight is 257 g/mol. The van der Waals surface area contributed by atoms with Crippen molar-refractivity contribution in [3.63, 3.8) is 0 Å². The van der Waals surface area contributed by atoms with Gasteiger partial charge in [0, 0.05) is 18.7 Å². The third-order valence-corrected chi connectivity index (χ3v) is 2.77. The Bertz CT molecular complexity index is 527. The number of benzene rings is 1. The van der Waals surface area contributed by atoms with E-state index in [9.17, 15) is 0 Å². The quantitative estimate of drug-likeness (QED) is 0.767. The largest absolute Gasteiger partial charge is 0.370 e. The number of nitrogens with one attached hydrogen (secondary N) is 2. The Morgan fingerprint density at radius 1 is 1.16 bits per heavy atom. The summed E-state index contributed by atoms with van der Waals surface area (Å²) in [6.45, 7) is 4.89. The molecule has 19 heavy (non-hydrogen) atoms. The third kappa shape index (κ3) is 3.58. The molecule has 0 radical (unpaired) electrons. The molecule has 1 atom stereocenters. The van der Waals surface area contributed by atoms with Crippen molar-refractivity contribution in [2.24, 2.45) is 0 Å². The van der Waals surface area contributed by atoms with Crippen LogP contribution in [0.4, 0.5) is 17.6 Å². The van der Waals surface area contributed by atoms with Gasteiger partial charge >= 0.3 is 0 Å². The molecule has 2 aromatic rings. The highest BCUT2D eigenvalue weighted by Crippen LogP contribution is 2.19. The van der Waals surface area contributed by atoms with Gasteiger partial charge in [0.05, 0.1) is 0 Å². The van der Waals surface area contributed by atoms with E-state index in [1.165, 1.54) is 5.56 Å². The van der Waals surface area contributed by atoms with E-state index in [4.69, 9.17) is 5.73 Å². The monoisotopic (exact) mass is 257 g/mol. The Morgan fingerprint density at radius 2 is 1.84 bits per heavy atom. The molecule has 1 heterocycles. The van der Waals surface area contributed by atoms with Gasteiger partial charge in [0.15, 0.2) is 0 Å². The van der Waals surface area contributed by atoms with E-state index in [1.807, 2.05) is 31.2 Å². The number of hydrogen-bond donors (Lipinski definition) is 3. The normalized spacial score (nSPS) is 11.9. The SMILES string of the molecule is CCNc1cc(NC(C)c2ccccc2)nc(N)n1. The number of nitrogens with zero attached hydrogens (tertiary/aromatic N) is 2. The Kier molecular flexibility index (Phi) is 4.18. The summed E-state index contributed by atoms with van der Waals surface area (Å²) in [5.74, 6) is 1.72. The van der Waals surface area contributed by atoms with Crippen molar-refractivity contribution < 1.29 is 0 Å². The molecular formula is C14H19N5. The molecule has 1 unspecified atom stereocenters. The minimum atomic E-state index is 0.157. The standard InChI is InChI=1S/C14H19N5/c1-3-16-12-9-13(19-14(15)18-12)17-10(2)11-7-5-4-6-8-11/h4-10H,3H2,1-2H3,(H4,15,16,17,18,19). The lowest BCUT2D eigenvalue weighted by Crippen LogP contribution is -2.11. The van der Waals surface area contributed by atoms with Crippen molar-refractivity contribution in [3.05, 3.63) is 42.0 Å². The summed E-state index contributed by atoms with van der Waals surface area (Å²) in [6.07, 6.45) is 0. The zero-order valence-corrected chi connectivity index (χ0v) is 11.2. The summed E-state index contributed by atoms with van der Waals surface area (Å²) < 4.78 is 0. The summed E-state index contributed by atoms with van der Waals surface area (Å²) in [5, 5.41) is 6.46. The fourth-order valence-electron chi connectivity index (χ4n) is 1.86. The third-order valence-electron chi connectivity index (χ3n) is 2.77. The van der Waals surface area contributed by atoms with Gasteiger partial charge in [-0.05, 0) is 19.4 Å². The van der Waals surface area contributed by atoms with Gasteiger partial charge in [-0.3, -0.25) is 0 Å². The molecule has 0 saturated heterocycles. The highest BCUT2D eigenvalue weighted by Gasteiger charge is 2.07. The predicted molar refractivity (Wildman–Crippen MR) is 79.1 cm³/mol. The van der Waals surface area contributed by atoms with Crippen molar-refractivity contribution in [1.29, 1.82) is 0 Å². The fraction of sp³-hybridized carbons (Fsp3) is 0.286. The minimum absolute atomic E-state index is 0.157. The van der Waals surface area contributed by atoms with Gasteiger partial charge in [-0.25, -0.2) is 0 Å². The average Bonchev–Trinajstić information content (AvgIpc) is 2.39. The van der Waals surface area contributed by atoms with Crippen LogP contribution in [0.1, 0.15) is 25.5 Å². The molecule has 0 aliphatic heterocycles. The van der Waals surface area contributed by atoms with Crippen LogP contribution in [0.25, 0.3) is 0 Å². The van der Waals surface area contributed by atoms with Crippen LogP contribution >= 0.6 is 0 Å². The molecule has 100 valence electrons. The van der Waals surface area contributed by atoms with Gasteiger partial charge in [-0.1, -0.05) is 30.3 Å². The van der Waals surface area contributed by atoms with E-state index in [0.29, 0.717) is 0 Å². The van der Waals surface area contributed by atoms with Crippen LogP contribution in [0.5, 0.6) is 0 Å². The molecule has 4 N–H and O–H groups in total. The van der Waals surface area contributed by atoms with E-state index in [-0.39, 0.29) is 12.0 Å².